The zero-order valence-corrected chi connectivity index (χ0v) is 19.5. The molecule has 1 fully saturated rings. The second kappa shape index (κ2) is 9.53. The first-order valence-corrected chi connectivity index (χ1v) is 12.4. The van der Waals surface area contributed by atoms with Crippen LogP contribution in [0.15, 0.2) is 53.4 Å². The van der Waals surface area contributed by atoms with Crippen molar-refractivity contribution < 1.29 is 13.2 Å². The number of H-pyrrole nitrogens is 1. The highest BCUT2D eigenvalue weighted by atomic mass is 35.5. The lowest BCUT2D eigenvalue weighted by Crippen LogP contribution is -2.35. The fourth-order valence-corrected chi connectivity index (χ4v) is 5.50. The molecule has 0 bridgehead atoms. The summed E-state index contributed by atoms with van der Waals surface area (Å²) in [4.78, 5) is 12.9. The Bertz CT molecular complexity index is 1280. The number of nitrogens with one attached hydrogen (secondary N) is 2. The molecule has 2 heterocycles. The third-order valence-corrected chi connectivity index (χ3v) is 7.69. The van der Waals surface area contributed by atoms with E-state index in [9.17, 15) is 13.2 Å². The number of rotatable bonds is 6. The molecule has 4 rings (SSSR count). The van der Waals surface area contributed by atoms with Crippen molar-refractivity contribution in [2.24, 2.45) is 0 Å². The fourth-order valence-electron chi connectivity index (χ4n) is 3.62. The van der Waals surface area contributed by atoms with E-state index in [0.29, 0.717) is 34.4 Å². The number of halogens is 1. The van der Waals surface area contributed by atoms with Gasteiger partial charge in [0.1, 0.15) is 6.54 Å². The zero-order valence-electron chi connectivity index (χ0n) is 17.1. The summed E-state index contributed by atoms with van der Waals surface area (Å²) in [6, 6.07) is 13.3. The lowest BCUT2D eigenvalue weighted by molar-refractivity contribution is -0.116. The van der Waals surface area contributed by atoms with E-state index in [1.165, 1.54) is 10.4 Å². The molecule has 8 nitrogen and oxygen atoms in total. The SMILES string of the molecule is O=C(Cn1c(-c2ccc(Cl)cc2)n[nH]c1=S)Nc1cccc(S(=O)(=O)N2CCCCC2)c1. The van der Waals surface area contributed by atoms with Gasteiger partial charge in [-0.1, -0.05) is 24.1 Å². The number of aromatic amines is 1. The molecule has 32 heavy (non-hydrogen) atoms. The maximum Gasteiger partial charge on any atom is 0.244 e. The third-order valence-electron chi connectivity index (χ3n) is 5.23. The van der Waals surface area contributed by atoms with Crippen molar-refractivity contribution in [3.8, 4) is 11.4 Å². The van der Waals surface area contributed by atoms with E-state index >= 15 is 0 Å². The Balaban J connectivity index is 1.51. The molecule has 0 aliphatic carbocycles. The zero-order chi connectivity index (χ0) is 22.7. The Hall–Kier alpha value is -2.53. The number of anilines is 1. The highest BCUT2D eigenvalue weighted by Gasteiger charge is 2.26. The largest absolute Gasteiger partial charge is 0.324 e. The van der Waals surface area contributed by atoms with Gasteiger partial charge in [0, 0.05) is 29.4 Å². The fraction of sp³-hybridized carbons (Fsp3) is 0.286. The standard InChI is InChI=1S/C21H22ClN5O3S2/c22-16-9-7-15(8-10-16)20-24-25-21(31)27(20)14-19(28)23-17-5-4-6-18(13-17)32(29,30)26-11-2-1-3-12-26/h4-10,13H,1-3,11-12,14H2,(H,23,28)(H,25,31). The first-order chi connectivity index (χ1) is 15.3. The molecule has 11 heteroatoms. The van der Waals surface area contributed by atoms with Gasteiger partial charge in [-0.2, -0.15) is 9.40 Å². The van der Waals surface area contributed by atoms with Crippen molar-refractivity contribution in [1.29, 1.82) is 0 Å². The lowest BCUT2D eigenvalue weighted by Gasteiger charge is -2.26. The Labute approximate surface area is 196 Å². The summed E-state index contributed by atoms with van der Waals surface area (Å²) in [5, 5.41) is 10.3. The maximum atomic E-state index is 12.9. The van der Waals surface area contributed by atoms with E-state index in [-0.39, 0.29) is 17.3 Å². The van der Waals surface area contributed by atoms with Crippen LogP contribution in [0.4, 0.5) is 5.69 Å². The van der Waals surface area contributed by atoms with Crippen LogP contribution in [-0.4, -0.2) is 46.5 Å². The van der Waals surface area contributed by atoms with E-state index in [4.69, 9.17) is 23.8 Å². The molecular formula is C21H22ClN5O3S2. The number of hydrogen-bond acceptors (Lipinski definition) is 5. The predicted octanol–water partition coefficient (Wildman–Crippen LogP) is 4.07. The summed E-state index contributed by atoms with van der Waals surface area (Å²) in [5.41, 5.74) is 1.15. The third kappa shape index (κ3) is 4.93. The number of nitrogens with zero attached hydrogens (tertiary/aromatic N) is 3. The molecule has 1 aliphatic rings. The number of hydrogen-bond donors (Lipinski definition) is 2. The molecular weight excluding hydrogens is 470 g/mol. The minimum atomic E-state index is -3.59. The van der Waals surface area contributed by atoms with Gasteiger partial charge in [0.15, 0.2) is 10.6 Å². The van der Waals surface area contributed by atoms with Crippen LogP contribution in [0, 0.1) is 4.77 Å². The van der Waals surface area contributed by atoms with Crippen LogP contribution < -0.4 is 5.32 Å². The van der Waals surface area contributed by atoms with Gasteiger partial charge in [0.05, 0.1) is 4.90 Å². The van der Waals surface area contributed by atoms with Gasteiger partial charge in [-0.15, -0.1) is 0 Å². The summed E-state index contributed by atoms with van der Waals surface area (Å²) in [6.07, 6.45) is 2.75. The number of piperidine rings is 1. The molecule has 0 unspecified atom stereocenters. The molecule has 1 amide bonds. The van der Waals surface area contributed by atoms with Crippen molar-refractivity contribution in [3.05, 3.63) is 58.3 Å². The van der Waals surface area contributed by atoms with E-state index in [1.807, 2.05) is 0 Å². The molecule has 3 aromatic rings. The molecule has 2 aromatic carbocycles. The van der Waals surface area contributed by atoms with E-state index in [1.54, 1.807) is 47.0 Å². The molecule has 2 N–H and O–H groups in total. The van der Waals surface area contributed by atoms with Crippen LogP contribution in [0.25, 0.3) is 11.4 Å². The van der Waals surface area contributed by atoms with Crippen molar-refractivity contribution in [3.63, 3.8) is 0 Å². The van der Waals surface area contributed by atoms with E-state index < -0.39 is 10.0 Å². The van der Waals surface area contributed by atoms with E-state index in [0.717, 1.165) is 24.8 Å². The van der Waals surface area contributed by atoms with Crippen LogP contribution in [0.2, 0.25) is 5.02 Å². The van der Waals surface area contributed by atoms with E-state index in [2.05, 4.69) is 15.5 Å². The molecule has 1 saturated heterocycles. The molecule has 1 aliphatic heterocycles. The van der Waals surface area contributed by atoms with Gasteiger partial charge in [0.25, 0.3) is 0 Å². The van der Waals surface area contributed by atoms with Gasteiger partial charge >= 0.3 is 0 Å². The summed E-state index contributed by atoms with van der Waals surface area (Å²) >= 11 is 11.2. The smallest absolute Gasteiger partial charge is 0.244 e. The van der Waals surface area contributed by atoms with Crippen LogP contribution >= 0.6 is 23.8 Å². The predicted molar refractivity (Wildman–Crippen MR) is 126 cm³/mol. The molecule has 168 valence electrons. The second-order valence-electron chi connectivity index (χ2n) is 7.49. The minimum absolute atomic E-state index is 0.0869. The number of benzene rings is 2. The summed E-state index contributed by atoms with van der Waals surface area (Å²) in [6.45, 7) is 0.951. The van der Waals surface area contributed by atoms with Gasteiger partial charge < -0.3 is 5.32 Å². The number of amides is 1. The number of carbonyl (C=O) groups is 1. The van der Waals surface area contributed by atoms with Crippen LogP contribution in [0.3, 0.4) is 0 Å². The number of sulfonamides is 1. The average Bonchev–Trinajstić information content (AvgIpc) is 3.15. The molecule has 1 aromatic heterocycles. The Morgan fingerprint density at radius 2 is 1.84 bits per heavy atom. The first-order valence-electron chi connectivity index (χ1n) is 10.2. The average molecular weight is 492 g/mol. The quantitative estimate of drug-likeness (QED) is 0.506. The highest BCUT2D eigenvalue weighted by molar-refractivity contribution is 7.89. The monoisotopic (exact) mass is 491 g/mol. The second-order valence-corrected chi connectivity index (χ2v) is 10.2. The molecule has 0 spiro atoms. The van der Waals surface area contributed by atoms with Crippen LogP contribution in [0.5, 0.6) is 0 Å². The Kier molecular flexibility index (Phi) is 6.75. The van der Waals surface area contributed by atoms with Gasteiger partial charge in [-0.05, 0) is 67.5 Å². The van der Waals surface area contributed by atoms with Gasteiger partial charge in [-0.25, -0.2) is 8.42 Å². The Morgan fingerprint density at radius 1 is 1.12 bits per heavy atom. The highest BCUT2D eigenvalue weighted by Crippen LogP contribution is 2.23. The maximum absolute atomic E-state index is 12.9. The topological polar surface area (TPSA) is 100 Å². The van der Waals surface area contributed by atoms with Crippen molar-refractivity contribution >= 4 is 45.4 Å². The summed E-state index contributed by atoms with van der Waals surface area (Å²) < 4.78 is 29.2. The summed E-state index contributed by atoms with van der Waals surface area (Å²) in [5.74, 6) is 0.147. The van der Waals surface area contributed by atoms with Gasteiger partial charge in [-0.3, -0.25) is 14.5 Å². The van der Waals surface area contributed by atoms with Crippen LogP contribution in [-0.2, 0) is 21.4 Å². The number of carbonyl (C=O) groups excluding carboxylic acids is 1. The normalized spacial score (nSPS) is 14.9. The molecule has 0 atom stereocenters. The Morgan fingerprint density at radius 3 is 2.56 bits per heavy atom. The lowest BCUT2D eigenvalue weighted by atomic mass is 10.2. The first kappa shape index (κ1) is 22.7. The minimum Gasteiger partial charge on any atom is -0.324 e. The number of aromatic nitrogens is 3. The summed E-state index contributed by atoms with van der Waals surface area (Å²) in [7, 11) is -3.59. The van der Waals surface area contributed by atoms with Crippen molar-refractivity contribution in [2.75, 3.05) is 18.4 Å². The van der Waals surface area contributed by atoms with Crippen molar-refractivity contribution in [2.45, 2.75) is 30.7 Å². The van der Waals surface area contributed by atoms with Crippen molar-refractivity contribution in [1.82, 2.24) is 19.1 Å². The molecule has 0 saturated carbocycles. The molecule has 0 radical (unpaired) electrons. The van der Waals surface area contributed by atoms with Gasteiger partial charge in [0.2, 0.25) is 15.9 Å². The van der Waals surface area contributed by atoms with Crippen LogP contribution in [0.1, 0.15) is 19.3 Å².